The first-order chi connectivity index (χ1) is 5.86. The third-order valence-corrected chi connectivity index (χ3v) is 1.44. The first-order valence-corrected chi connectivity index (χ1v) is 3.44. The van der Waals surface area contributed by atoms with Crippen molar-refractivity contribution in [2.24, 2.45) is 0 Å². The second kappa shape index (κ2) is 2.61. The van der Waals surface area contributed by atoms with Crippen LogP contribution in [0.2, 0.25) is 0 Å². The number of aromatic nitrogens is 4. The van der Waals surface area contributed by atoms with Gasteiger partial charge in [0.15, 0.2) is 5.82 Å². The van der Waals surface area contributed by atoms with E-state index in [-0.39, 0.29) is 5.95 Å². The van der Waals surface area contributed by atoms with Gasteiger partial charge in [-0.15, -0.1) is 5.10 Å². The predicted octanol–water partition coefficient (Wildman–Crippen LogP) is 0.449. The molecule has 60 valence electrons. The highest BCUT2D eigenvalue weighted by molar-refractivity contribution is 5.53. The molecule has 0 fully saturated rings. The van der Waals surface area contributed by atoms with Gasteiger partial charge in [-0.05, 0) is 12.1 Å². The van der Waals surface area contributed by atoms with Gasteiger partial charge in [0, 0.05) is 18.0 Å². The Morgan fingerprint density at radius 2 is 2.33 bits per heavy atom. The Hall–Kier alpha value is -1.91. The lowest BCUT2D eigenvalue weighted by Gasteiger charge is -1.91. The molecule has 0 aliphatic heterocycles. The van der Waals surface area contributed by atoms with E-state index in [1.54, 1.807) is 12.4 Å². The average Bonchev–Trinajstić information content (AvgIpc) is 2.54. The summed E-state index contributed by atoms with van der Waals surface area (Å²) >= 11 is 0. The maximum absolute atomic E-state index is 5.34. The van der Waals surface area contributed by atoms with Crippen LogP contribution in [0, 0.1) is 0 Å². The van der Waals surface area contributed by atoms with Crippen molar-refractivity contribution >= 4 is 5.95 Å². The first-order valence-electron chi connectivity index (χ1n) is 3.44. The summed E-state index contributed by atoms with van der Waals surface area (Å²) in [5.41, 5.74) is 6.22. The number of rotatable bonds is 1. The molecule has 0 aliphatic carbocycles. The summed E-state index contributed by atoms with van der Waals surface area (Å²) in [6.07, 6.45) is 3.39. The van der Waals surface area contributed by atoms with Gasteiger partial charge in [0.1, 0.15) is 0 Å². The number of nitrogens with two attached hydrogens (primary N) is 1. The standard InChI is InChI=1S/C7H7N5/c8-7-10-6(11-12-7)5-2-1-3-9-4-5/h1-4H,(H3,8,10,11,12). The molecule has 0 radical (unpaired) electrons. The molecule has 2 heterocycles. The molecule has 0 saturated carbocycles. The zero-order valence-electron chi connectivity index (χ0n) is 6.23. The Bertz CT molecular complexity index is 366. The highest BCUT2D eigenvalue weighted by Gasteiger charge is 2.00. The van der Waals surface area contributed by atoms with E-state index in [1.165, 1.54) is 0 Å². The Morgan fingerprint density at radius 3 is 2.92 bits per heavy atom. The van der Waals surface area contributed by atoms with E-state index in [4.69, 9.17) is 5.73 Å². The second-order valence-electron chi connectivity index (χ2n) is 2.28. The number of aromatic amines is 1. The number of hydrogen-bond donors (Lipinski definition) is 2. The third kappa shape index (κ3) is 1.12. The molecule has 0 bridgehead atoms. The topological polar surface area (TPSA) is 80.5 Å². The van der Waals surface area contributed by atoms with Gasteiger partial charge in [0.2, 0.25) is 5.95 Å². The van der Waals surface area contributed by atoms with Crippen LogP contribution in [0.1, 0.15) is 0 Å². The van der Waals surface area contributed by atoms with Gasteiger partial charge in [-0.25, -0.2) is 0 Å². The van der Waals surface area contributed by atoms with Crippen molar-refractivity contribution in [3.05, 3.63) is 24.5 Å². The molecule has 5 heteroatoms. The molecule has 0 spiro atoms. The van der Waals surface area contributed by atoms with Gasteiger partial charge in [0.05, 0.1) is 0 Å². The van der Waals surface area contributed by atoms with Crippen LogP contribution >= 0.6 is 0 Å². The molecule has 0 saturated heterocycles. The summed E-state index contributed by atoms with van der Waals surface area (Å²) in [5.74, 6) is 0.884. The fourth-order valence-corrected chi connectivity index (χ4v) is 0.907. The summed E-state index contributed by atoms with van der Waals surface area (Å²) < 4.78 is 0. The molecule has 0 aromatic carbocycles. The summed E-state index contributed by atoms with van der Waals surface area (Å²) in [5, 5.41) is 6.40. The smallest absolute Gasteiger partial charge is 0.239 e. The van der Waals surface area contributed by atoms with Crippen molar-refractivity contribution in [1.29, 1.82) is 0 Å². The van der Waals surface area contributed by atoms with Crippen LogP contribution in [0.5, 0.6) is 0 Å². The molecule has 12 heavy (non-hydrogen) atoms. The minimum absolute atomic E-state index is 0.244. The minimum Gasteiger partial charge on any atom is -0.366 e. The summed E-state index contributed by atoms with van der Waals surface area (Å²) in [4.78, 5) is 7.89. The first kappa shape index (κ1) is 6.78. The van der Waals surface area contributed by atoms with Gasteiger partial charge in [0.25, 0.3) is 0 Å². The molecule has 0 amide bonds. The van der Waals surface area contributed by atoms with Crippen molar-refractivity contribution < 1.29 is 0 Å². The van der Waals surface area contributed by atoms with Crippen LogP contribution in [0.15, 0.2) is 24.5 Å². The molecule has 0 atom stereocenters. The van der Waals surface area contributed by atoms with E-state index in [0.717, 1.165) is 5.56 Å². The van der Waals surface area contributed by atoms with E-state index >= 15 is 0 Å². The molecule has 2 aromatic heterocycles. The number of pyridine rings is 1. The number of hydrogen-bond acceptors (Lipinski definition) is 4. The summed E-state index contributed by atoms with van der Waals surface area (Å²) in [7, 11) is 0. The largest absolute Gasteiger partial charge is 0.366 e. The van der Waals surface area contributed by atoms with Crippen LogP contribution in [-0.2, 0) is 0 Å². The number of nitrogen functional groups attached to an aromatic ring is 1. The number of anilines is 1. The quantitative estimate of drug-likeness (QED) is 0.636. The highest BCUT2D eigenvalue weighted by Crippen LogP contribution is 2.11. The molecule has 2 rings (SSSR count). The van der Waals surface area contributed by atoms with Gasteiger partial charge in [-0.1, -0.05) is 0 Å². The Labute approximate surface area is 68.7 Å². The zero-order chi connectivity index (χ0) is 8.39. The Morgan fingerprint density at radius 1 is 1.42 bits per heavy atom. The van der Waals surface area contributed by atoms with Crippen molar-refractivity contribution in [1.82, 2.24) is 20.2 Å². The van der Waals surface area contributed by atoms with E-state index < -0.39 is 0 Å². The van der Waals surface area contributed by atoms with Crippen LogP contribution < -0.4 is 5.73 Å². The fourth-order valence-electron chi connectivity index (χ4n) is 0.907. The summed E-state index contributed by atoms with van der Waals surface area (Å²) in [6.45, 7) is 0. The maximum Gasteiger partial charge on any atom is 0.239 e. The molecule has 5 nitrogen and oxygen atoms in total. The van der Waals surface area contributed by atoms with Gasteiger partial charge in [-0.2, -0.15) is 4.98 Å². The van der Waals surface area contributed by atoms with Crippen molar-refractivity contribution in [3.8, 4) is 11.4 Å². The molecule has 0 unspecified atom stereocenters. The second-order valence-corrected chi connectivity index (χ2v) is 2.28. The van der Waals surface area contributed by atoms with Crippen molar-refractivity contribution in [2.45, 2.75) is 0 Å². The molecule has 0 aliphatic rings. The Balaban J connectivity index is 2.45. The van der Waals surface area contributed by atoms with Crippen LogP contribution in [0.25, 0.3) is 11.4 Å². The average molecular weight is 161 g/mol. The minimum atomic E-state index is 0.244. The van der Waals surface area contributed by atoms with E-state index in [9.17, 15) is 0 Å². The molecular formula is C7H7N5. The van der Waals surface area contributed by atoms with Gasteiger partial charge < -0.3 is 5.73 Å². The third-order valence-electron chi connectivity index (χ3n) is 1.44. The molecule has 2 aromatic rings. The zero-order valence-corrected chi connectivity index (χ0v) is 6.23. The van der Waals surface area contributed by atoms with Crippen LogP contribution in [0.4, 0.5) is 5.95 Å². The fraction of sp³-hybridized carbons (Fsp3) is 0. The Kier molecular flexibility index (Phi) is 1.48. The number of nitrogens with one attached hydrogen (secondary N) is 1. The normalized spacial score (nSPS) is 10.0. The lowest BCUT2D eigenvalue weighted by Crippen LogP contribution is -1.85. The predicted molar refractivity (Wildman–Crippen MR) is 44.0 cm³/mol. The highest BCUT2D eigenvalue weighted by atomic mass is 15.3. The van der Waals surface area contributed by atoms with Crippen LogP contribution in [-0.4, -0.2) is 20.2 Å². The van der Waals surface area contributed by atoms with Gasteiger partial charge in [-0.3, -0.25) is 10.1 Å². The lowest BCUT2D eigenvalue weighted by molar-refractivity contribution is 1.10. The van der Waals surface area contributed by atoms with Crippen molar-refractivity contribution in [2.75, 3.05) is 5.73 Å². The SMILES string of the molecule is Nc1n[nH]c(-c2cccnc2)n1. The van der Waals surface area contributed by atoms with E-state index in [2.05, 4.69) is 20.2 Å². The van der Waals surface area contributed by atoms with Crippen molar-refractivity contribution in [3.63, 3.8) is 0 Å². The lowest BCUT2D eigenvalue weighted by atomic mass is 10.3. The molecule has 3 N–H and O–H groups in total. The molecular weight excluding hydrogens is 154 g/mol. The van der Waals surface area contributed by atoms with Gasteiger partial charge >= 0.3 is 0 Å². The van der Waals surface area contributed by atoms with E-state index in [0.29, 0.717) is 5.82 Å². The van der Waals surface area contributed by atoms with Crippen LogP contribution in [0.3, 0.4) is 0 Å². The monoisotopic (exact) mass is 161 g/mol. The summed E-state index contributed by atoms with van der Waals surface area (Å²) in [6, 6.07) is 3.71. The maximum atomic E-state index is 5.34. The number of H-pyrrole nitrogens is 1. The number of nitrogens with zero attached hydrogens (tertiary/aromatic N) is 3. The van der Waals surface area contributed by atoms with E-state index in [1.807, 2.05) is 12.1 Å².